The molecule has 8 heteroatoms. The third-order valence-electron chi connectivity index (χ3n) is 5.03. The van der Waals surface area contributed by atoms with Crippen molar-refractivity contribution in [2.45, 2.75) is 6.17 Å². The van der Waals surface area contributed by atoms with Crippen LogP contribution in [0.3, 0.4) is 0 Å². The Morgan fingerprint density at radius 2 is 1.77 bits per heavy atom. The summed E-state index contributed by atoms with van der Waals surface area (Å²) in [4.78, 5) is 27.9. The number of benzene rings is 3. The molecule has 0 aromatic heterocycles. The molecule has 152 valence electrons. The van der Waals surface area contributed by atoms with Gasteiger partial charge in [0.25, 0.3) is 11.6 Å². The van der Waals surface area contributed by atoms with Crippen LogP contribution in [0.4, 0.5) is 22.7 Å². The number of fused-ring (bicyclic) bond motifs is 1. The van der Waals surface area contributed by atoms with Crippen LogP contribution in [0.25, 0.3) is 0 Å². The smallest absolute Gasteiger partial charge is 0.292 e. The second kappa shape index (κ2) is 7.68. The second-order valence-corrected chi connectivity index (χ2v) is 7.53. The number of amides is 1. The first-order valence-corrected chi connectivity index (χ1v) is 9.65. The number of nitro benzene ring substituents is 1. The summed E-state index contributed by atoms with van der Waals surface area (Å²) in [5.74, 6) is -0.234. The van der Waals surface area contributed by atoms with Crippen molar-refractivity contribution in [1.29, 1.82) is 0 Å². The molecule has 0 saturated heterocycles. The summed E-state index contributed by atoms with van der Waals surface area (Å²) in [5.41, 5.74) is 2.72. The van der Waals surface area contributed by atoms with Gasteiger partial charge >= 0.3 is 0 Å². The fourth-order valence-corrected chi connectivity index (χ4v) is 3.84. The Hall–Kier alpha value is -3.58. The zero-order valence-electron chi connectivity index (χ0n) is 16.4. The predicted octanol–water partition coefficient (Wildman–Crippen LogP) is 5.09. The number of para-hydroxylation sites is 2. The number of carbonyl (C=O) groups excluding carboxylic acids is 1. The van der Waals surface area contributed by atoms with Gasteiger partial charge in [0.1, 0.15) is 11.9 Å². The molecule has 30 heavy (non-hydrogen) atoms. The monoisotopic (exact) mass is 422 g/mol. The minimum atomic E-state index is -0.665. The van der Waals surface area contributed by atoms with Crippen molar-refractivity contribution in [2.24, 2.45) is 0 Å². The Labute approximate surface area is 178 Å². The zero-order chi connectivity index (χ0) is 21.4. The van der Waals surface area contributed by atoms with E-state index in [2.05, 4.69) is 5.32 Å². The number of rotatable bonds is 4. The molecule has 1 aliphatic heterocycles. The highest BCUT2D eigenvalue weighted by molar-refractivity contribution is 6.34. The van der Waals surface area contributed by atoms with Crippen molar-refractivity contribution in [3.8, 4) is 0 Å². The summed E-state index contributed by atoms with van der Waals surface area (Å²) in [5, 5.41) is 15.4. The molecule has 0 fully saturated rings. The summed E-state index contributed by atoms with van der Waals surface area (Å²) in [6.45, 7) is 0. The van der Waals surface area contributed by atoms with Crippen LogP contribution in [0.15, 0.2) is 66.7 Å². The molecule has 0 aliphatic carbocycles. The van der Waals surface area contributed by atoms with E-state index in [0.717, 1.165) is 0 Å². The largest absolute Gasteiger partial charge is 0.372 e. The molecular formula is C22H19ClN4O3. The van der Waals surface area contributed by atoms with E-state index in [1.165, 1.54) is 6.07 Å². The molecular weight excluding hydrogens is 404 g/mol. The number of nitro groups is 1. The number of hydrogen-bond acceptors (Lipinski definition) is 5. The Morgan fingerprint density at radius 3 is 2.47 bits per heavy atom. The van der Waals surface area contributed by atoms with Crippen molar-refractivity contribution in [3.63, 3.8) is 0 Å². The Balaban J connectivity index is 1.90. The maximum Gasteiger partial charge on any atom is 0.292 e. The minimum Gasteiger partial charge on any atom is -0.372 e. The maximum absolute atomic E-state index is 13.4. The van der Waals surface area contributed by atoms with E-state index < -0.39 is 11.1 Å². The lowest BCUT2D eigenvalue weighted by Crippen LogP contribution is -2.43. The van der Waals surface area contributed by atoms with Crippen LogP contribution in [-0.2, 0) is 0 Å². The topological polar surface area (TPSA) is 78.7 Å². The molecule has 4 rings (SSSR count). The molecule has 0 bridgehead atoms. The molecule has 0 saturated carbocycles. The van der Waals surface area contributed by atoms with E-state index in [-0.39, 0.29) is 11.6 Å². The molecule has 1 aliphatic rings. The fourth-order valence-electron chi connectivity index (χ4n) is 3.62. The quantitative estimate of drug-likeness (QED) is 0.468. The van der Waals surface area contributed by atoms with Gasteiger partial charge in [-0.25, -0.2) is 0 Å². The van der Waals surface area contributed by atoms with Crippen LogP contribution in [0, 0.1) is 10.1 Å². The highest BCUT2D eigenvalue weighted by Crippen LogP contribution is 2.41. The summed E-state index contributed by atoms with van der Waals surface area (Å²) in [7, 11) is 3.49. The number of carbonyl (C=O) groups is 1. The van der Waals surface area contributed by atoms with Gasteiger partial charge in [0.05, 0.1) is 21.2 Å². The van der Waals surface area contributed by atoms with Crippen LogP contribution in [0.1, 0.15) is 22.1 Å². The number of nitrogens with zero attached hydrogens (tertiary/aromatic N) is 3. The Bertz CT molecular complexity index is 1150. The van der Waals surface area contributed by atoms with Crippen molar-refractivity contribution in [3.05, 3.63) is 93.0 Å². The molecule has 1 amide bonds. The van der Waals surface area contributed by atoms with Gasteiger partial charge in [-0.15, -0.1) is 0 Å². The standard InChI is InChI=1S/C22H19ClN4O3/c1-25(2)19-12-11-14(13-20(19)27(29)30)21-24-17-9-5-3-7-15(17)22(28)26(21)18-10-6-4-8-16(18)23/h3-13,21,24H,1-2H3/t21-/m0/s1. The Kier molecular flexibility index (Phi) is 5.05. The van der Waals surface area contributed by atoms with E-state index in [9.17, 15) is 14.9 Å². The second-order valence-electron chi connectivity index (χ2n) is 7.12. The molecule has 0 radical (unpaired) electrons. The van der Waals surface area contributed by atoms with Crippen molar-refractivity contribution in [2.75, 3.05) is 29.2 Å². The van der Waals surface area contributed by atoms with Gasteiger partial charge in [0.15, 0.2) is 0 Å². The van der Waals surface area contributed by atoms with Gasteiger partial charge < -0.3 is 10.2 Å². The summed E-state index contributed by atoms with van der Waals surface area (Å²) >= 11 is 6.41. The first-order valence-electron chi connectivity index (χ1n) is 9.28. The molecule has 3 aromatic rings. The third kappa shape index (κ3) is 3.33. The Morgan fingerprint density at radius 1 is 1.07 bits per heavy atom. The van der Waals surface area contributed by atoms with Gasteiger partial charge in [-0.05, 0) is 30.3 Å². The molecule has 1 N–H and O–H groups in total. The van der Waals surface area contributed by atoms with Crippen LogP contribution in [-0.4, -0.2) is 24.9 Å². The highest BCUT2D eigenvalue weighted by atomic mass is 35.5. The molecule has 1 heterocycles. The lowest BCUT2D eigenvalue weighted by atomic mass is 10.0. The first kappa shape index (κ1) is 19.7. The van der Waals surface area contributed by atoms with Gasteiger partial charge in [-0.1, -0.05) is 41.9 Å². The van der Waals surface area contributed by atoms with Gasteiger partial charge in [-0.2, -0.15) is 0 Å². The van der Waals surface area contributed by atoms with Crippen molar-refractivity contribution in [1.82, 2.24) is 0 Å². The third-order valence-corrected chi connectivity index (χ3v) is 5.35. The number of halogens is 1. The fraction of sp³-hybridized carbons (Fsp3) is 0.136. The predicted molar refractivity (Wildman–Crippen MR) is 118 cm³/mol. The molecule has 0 unspecified atom stereocenters. The van der Waals surface area contributed by atoms with Crippen LogP contribution in [0.2, 0.25) is 5.02 Å². The summed E-state index contributed by atoms with van der Waals surface area (Å²) < 4.78 is 0. The van der Waals surface area contributed by atoms with Crippen LogP contribution < -0.4 is 15.1 Å². The van der Waals surface area contributed by atoms with Crippen LogP contribution in [0.5, 0.6) is 0 Å². The first-order chi connectivity index (χ1) is 14.4. The summed E-state index contributed by atoms with van der Waals surface area (Å²) in [6, 6.07) is 19.2. The molecule has 0 spiro atoms. The van der Waals surface area contributed by atoms with Gasteiger partial charge in [0, 0.05) is 31.4 Å². The maximum atomic E-state index is 13.4. The molecule has 1 atom stereocenters. The number of hydrogen-bond donors (Lipinski definition) is 1. The van der Waals surface area contributed by atoms with E-state index in [1.807, 2.05) is 12.1 Å². The highest BCUT2D eigenvalue weighted by Gasteiger charge is 2.36. The number of nitrogens with one attached hydrogen (secondary N) is 1. The lowest BCUT2D eigenvalue weighted by molar-refractivity contribution is -0.384. The average Bonchev–Trinajstić information content (AvgIpc) is 2.74. The average molecular weight is 423 g/mol. The van der Waals surface area contributed by atoms with E-state index in [0.29, 0.717) is 33.2 Å². The molecule has 3 aromatic carbocycles. The van der Waals surface area contributed by atoms with E-state index in [4.69, 9.17) is 11.6 Å². The van der Waals surface area contributed by atoms with E-state index >= 15 is 0 Å². The number of anilines is 3. The van der Waals surface area contributed by atoms with Crippen LogP contribution >= 0.6 is 11.6 Å². The van der Waals surface area contributed by atoms with Gasteiger partial charge in [0.2, 0.25) is 0 Å². The van der Waals surface area contributed by atoms with Crippen molar-refractivity contribution < 1.29 is 9.72 Å². The van der Waals surface area contributed by atoms with Gasteiger partial charge in [-0.3, -0.25) is 19.8 Å². The lowest BCUT2D eigenvalue weighted by Gasteiger charge is -2.38. The SMILES string of the molecule is CN(C)c1ccc([C@H]2Nc3ccccc3C(=O)N2c2ccccc2Cl)cc1[N+](=O)[O-]. The normalized spacial score (nSPS) is 15.4. The summed E-state index contributed by atoms with van der Waals surface area (Å²) in [6.07, 6.45) is -0.665. The minimum absolute atomic E-state index is 0.0373. The zero-order valence-corrected chi connectivity index (χ0v) is 17.1. The molecule has 7 nitrogen and oxygen atoms in total. The van der Waals surface area contributed by atoms with E-state index in [1.54, 1.807) is 72.4 Å². The van der Waals surface area contributed by atoms with Crippen molar-refractivity contribution >= 4 is 40.3 Å².